The fraction of sp³-hybridized carbons (Fsp3) is 0.108. The largest absolute Gasteiger partial charge is 0.454 e. The Morgan fingerprint density at radius 2 is 1.01 bits per heavy atom. The van der Waals surface area contributed by atoms with Gasteiger partial charge in [-0.05, 0) is 117 Å². The van der Waals surface area contributed by atoms with Crippen molar-refractivity contribution in [1.82, 2.24) is 4.57 Å². The van der Waals surface area contributed by atoms with Gasteiger partial charge >= 0.3 is 0 Å². The lowest BCUT2D eigenvalue weighted by atomic mass is 9.33. The SMILES string of the molecule is CCCCc1ccc2c(oc3ccccc32)c1N1c2cc(-n3c4ccccc4c4ccccc43)ccc2B2c3cc(-c4ccccc4)ccc3N(c3c(-c4ccccc4)cccc3-c3ccccc3)c3cc(C(C)(C)C)cc1c32. The molecule has 11 aromatic carbocycles. The number of nitrogens with zero attached hydrogens (tertiary/aromatic N) is 3. The first-order valence-electron chi connectivity index (χ1n) is 28.1. The summed E-state index contributed by atoms with van der Waals surface area (Å²) in [5.74, 6) is 0. The van der Waals surface area contributed by atoms with Gasteiger partial charge < -0.3 is 18.8 Å². The predicted octanol–water partition coefficient (Wildman–Crippen LogP) is 18.4. The van der Waals surface area contributed by atoms with Crippen molar-refractivity contribution in [3.63, 3.8) is 0 Å². The molecular weight excluding hydrogens is 958 g/mol. The molecule has 0 amide bonds. The van der Waals surface area contributed by atoms with E-state index in [1.165, 1.54) is 99.8 Å². The van der Waals surface area contributed by atoms with Crippen LogP contribution in [-0.2, 0) is 11.8 Å². The first kappa shape index (κ1) is 46.9. The van der Waals surface area contributed by atoms with Crippen molar-refractivity contribution in [1.29, 1.82) is 0 Å². The molecule has 0 saturated heterocycles. The first-order chi connectivity index (χ1) is 38.8. The molecule has 0 saturated carbocycles. The van der Waals surface area contributed by atoms with Crippen LogP contribution in [0.5, 0.6) is 0 Å². The van der Waals surface area contributed by atoms with E-state index in [2.05, 4.69) is 285 Å². The average molecular weight is 1020 g/mol. The summed E-state index contributed by atoms with van der Waals surface area (Å²) in [7, 11) is 0. The quantitative estimate of drug-likeness (QED) is 0.135. The van der Waals surface area contributed by atoms with Gasteiger partial charge in [0, 0.05) is 61.1 Å². The van der Waals surface area contributed by atoms with Crippen LogP contribution in [0, 0.1) is 0 Å². The van der Waals surface area contributed by atoms with Crippen molar-refractivity contribution in [3.8, 4) is 39.1 Å². The summed E-state index contributed by atoms with van der Waals surface area (Å²) in [5, 5.41) is 4.73. The lowest BCUT2D eigenvalue weighted by molar-refractivity contribution is 0.590. The highest BCUT2D eigenvalue weighted by molar-refractivity contribution is 7.00. The average Bonchev–Trinajstić information content (AvgIpc) is 4.09. The number of anilines is 6. The Morgan fingerprint density at radius 1 is 0.430 bits per heavy atom. The molecule has 13 aromatic rings. The van der Waals surface area contributed by atoms with Gasteiger partial charge in [0.15, 0.2) is 5.58 Å². The van der Waals surface area contributed by atoms with Crippen LogP contribution in [0.15, 0.2) is 247 Å². The molecule has 0 bridgehead atoms. The Bertz CT molecular complexity index is 4420. The second kappa shape index (κ2) is 18.4. The van der Waals surface area contributed by atoms with Crippen molar-refractivity contribution in [2.75, 3.05) is 9.80 Å². The Kier molecular flexibility index (Phi) is 10.9. The zero-order valence-corrected chi connectivity index (χ0v) is 45.0. The van der Waals surface area contributed by atoms with Crippen molar-refractivity contribution in [3.05, 3.63) is 254 Å². The molecule has 0 spiro atoms. The maximum Gasteiger partial charge on any atom is 0.252 e. The normalized spacial score (nSPS) is 12.9. The monoisotopic (exact) mass is 1020 g/mol. The second-order valence-corrected chi connectivity index (χ2v) is 22.6. The van der Waals surface area contributed by atoms with Gasteiger partial charge in [0.2, 0.25) is 0 Å². The van der Waals surface area contributed by atoms with E-state index in [4.69, 9.17) is 4.42 Å². The molecule has 2 aliphatic heterocycles. The van der Waals surface area contributed by atoms with Crippen LogP contribution in [0.2, 0.25) is 0 Å². The minimum absolute atomic E-state index is 0.148. The van der Waals surface area contributed by atoms with E-state index in [0.29, 0.717) is 0 Å². The third-order valence-corrected chi connectivity index (χ3v) is 16.9. The number of hydrogen-bond acceptors (Lipinski definition) is 3. The molecule has 15 rings (SSSR count). The number of unbranched alkanes of at least 4 members (excludes halogenated alkanes) is 1. The Balaban J connectivity index is 1.12. The van der Waals surface area contributed by atoms with Crippen LogP contribution in [0.1, 0.15) is 51.7 Å². The summed E-state index contributed by atoms with van der Waals surface area (Å²) in [6.45, 7) is 9.26. The minimum Gasteiger partial charge on any atom is -0.454 e. The predicted molar refractivity (Wildman–Crippen MR) is 336 cm³/mol. The molecule has 0 aliphatic carbocycles. The van der Waals surface area contributed by atoms with E-state index >= 15 is 0 Å². The number of benzene rings is 11. The highest BCUT2D eigenvalue weighted by atomic mass is 16.3. The molecule has 2 aliphatic rings. The zero-order chi connectivity index (χ0) is 52.9. The van der Waals surface area contributed by atoms with Crippen LogP contribution < -0.4 is 26.2 Å². The molecule has 5 heteroatoms. The molecule has 4 nitrogen and oxygen atoms in total. The molecule has 0 unspecified atom stereocenters. The van der Waals surface area contributed by atoms with E-state index in [1.807, 2.05) is 0 Å². The molecule has 4 heterocycles. The van der Waals surface area contributed by atoms with Gasteiger partial charge in [0.25, 0.3) is 6.71 Å². The Morgan fingerprint density at radius 3 is 1.65 bits per heavy atom. The van der Waals surface area contributed by atoms with E-state index in [1.54, 1.807) is 0 Å². The topological polar surface area (TPSA) is 24.6 Å². The number of para-hydroxylation sites is 4. The van der Waals surface area contributed by atoms with E-state index in [0.717, 1.165) is 64.0 Å². The van der Waals surface area contributed by atoms with E-state index in [-0.39, 0.29) is 12.1 Å². The van der Waals surface area contributed by atoms with Crippen molar-refractivity contribution in [2.45, 2.75) is 52.4 Å². The lowest BCUT2D eigenvalue weighted by Gasteiger charge is -2.46. The highest BCUT2D eigenvalue weighted by Crippen LogP contribution is 2.53. The maximum absolute atomic E-state index is 7.28. The number of aromatic nitrogens is 1. The van der Waals surface area contributed by atoms with Crippen LogP contribution in [0.25, 0.3) is 82.8 Å². The van der Waals surface area contributed by atoms with E-state index in [9.17, 15) is 0 Å². The molecule has 0 N–H and O–H groups in total. The van der Waals surface area contributed by atoms with Gasteiger partial charge in [-0.15, -0.1) is 0 Å². The number of rotatable bonds is 9. The Labute approximate surface area is 462 Å². The van der Waals surface area contributed by atoms with Crippen LogP contribution in [0.4, 0.5) is 34.1 Å². The minimum atomic E-state index is -0.238. The molecule has 0 atom stereocenters. The van der Waals surface area contributed by atoms with Gasteiger partial charge in [0.05, 0.1) is 22.4 Å². The first-order valence-corrected chi connectivity index (χ1v) is 28.1. The van der Waals surface area contributed by atoms with Crippen molar-refractivity contribution < 1.29 is 4.42 Å². The third-order valence-electron chi connectivity index (χ3n) is 16.9. The number of aryl methyl sites for hydroxylation is 1. The highest BCUT2D eigenvalue weighted by Gasteiger charge is 2.46. The van der Waals surface area contributed by atoms with E-state index < -0.39 is 0 Å². The second-order valence-electron chi connectivity index (χ2n) is 22.6. The van der Waals surface area contributed by atoms with Crippen LogP contribution in [-0.4, -0.2) is 11.3 Å². The van der Waals surface area contributed by atoms with Crippen LogP contribution in [0.3, 0.4) is 0 Å². The summed E-state index contributed by atoms with van der Waals surface area (Å²) >= 11 is 0. The van der Waals surface area contributed by atoms with Gasteiger partial charge in [0.1, 0.15) is 5.58 Å². The van der Waals surface area contributed by atoms with Gasteiger partial charge in [-0.3, -0.25) is 0 Å². The fourth-order valence-electron chi connectivity index (χ4n) is 13.2. The molecule has 0 radical (unpaired) electrons. The van der Waals surface area contributed by atoms with Crippen molar-refractivity contribution >= 4 is 101 Å². The summed E-state index contributed by atoms with van der Waals surface area (Å²) in [6, 6.07) is 90.5. The molecule has 0 fully saturated rings. The molecular formula is C74H58BN3O. The fourth-order valence-corrected chi connectivity index (χ4v) is 13.2. The molecule has 2 aromatic heterocycles. The Hall–Kier alpha value is -9.32. The zero-order valence-electron chi connectivity index (χ0n) is 45.0. The summed E-state index contributed by atoms with van der Waals surface area (Å²) in [6.07, 6.45) is 3.02. The summed E-state index contributed by atoms with van der Waals surface area (Å²) in [5.41, 5.74) is 25.4. The van der Waals surface area contributed by atoms with Gasteiger partial charge in [-0.25, -0.2) is 0 Å². The standard InChI is InChI=1S/C74H58BN3O/c1-5-6-23-51-38-41-60-59-32-18-21-37-69(59)79-73(60)71(51)78-66-47-54(76-63-35-19-16-30-57(63)58-31-17-20-36-64(58)76)40-42-61(66)75-62-44-52(48-24-10-7-11-25-48)39-43-65(62)77(67-45-53(74(2,3)4)46-68(78)70(67)75)72-55(49-26-12-8-13-27-49)33-22-34-56(72)50-28-14-9-15-29-50/h7-22,24-47H,5-6,23H2,1-4H3. The summed E-state index contributed by atoms with van der Waals surface area (Å²) in [4.78, 5) is 5.30. The maximum atomic E-state index is 7.28. The van der Waals surface area contributed by atoms with Crippen molar-refractivity contribution in [2.24, 2.45) is 0 Å². The number of hydrogen-bond donors (Lipinski definition) is 0. The van der Waals surface area contributed by atoms with Crippen LogP contribution >= 0.6 is 0 Å². The third kappa shape index (κ3) is 7.43. The summed E-state index contributed by atoms with van der Waals surface area (Å²) < 4.78 is 9.76. The molecule has 79 heavy (non-hydrogen) atoms. The number of furan rings is 1. The van der Waals surface area contributed by atoms with Gasteiger partial charge in [-0.1, -0.05) is 228 Å². The lowest BCUT2D eigenvalue weighted by Crippen LogP contribution is -2.61. The van der Waals surface area contributed by atoms with Gasteiger partial charge in [-0.2, -0.15) is 0 Å². The molecule has 378 valence electrons. The smallest absolute Gasteiger partial charge is 0.252 e. The number of fused-ring (bicyclic) bond motifs is 10.